The summed E-state index contributed by atoms with van der Waals surface area (Å²) >= 11 is 0. The first-order valence-corrected chi connectivity index (χ1v) is 9.20. The van der Waals surface area contributed by atoms with Crippen molar-refractivity contribution in [2.45, 2.75) is 37.1 Å². The average molecular weight is 360 g/mol. The lowest BCUT2D eigenvalue weighted by Crippen LogP contribution is -2.14. The van der Waals surface area contributed by atoms with E-state index in [-0.39, 0.29) is 23.2 Å². The molecule has 0 aliphatic heterocycles. The molecule has 3 rings (SSSR count). The summed E-state index contributed by atoms with van der Waals surface area (Å²) in [5.41, 5.74) is -0.995. The van der Waals surface area contributed by atoms with Crippen LogP contribution in [-0.4, -0.2) is 24.3 Å². The summed E-state index contributed by atoms with van der Waals surface area (Å²) in [7, 11) is -3.32. The fourth-order valence-electron chi connectivity index (χ4n) is 2.56. The summed E-state index contributed by atoms with van der Waals surface area (Å²) in [5, 5.41) is 3.81. The van der Waals surface area contributed by atoms with Gasteiger partial charge in [-0.3, -0.25) is 0 Å². The highest BCUT2D eigenvalue weighted by Gasteiger charge is 2.50. The van der Waals surface area contributed by atoms with Gasteiger partial charge in [0, 0.05) is 5.75 Å². The van der Waals surface area contributed by atoms with Gasteiger partial charge in [-0.2, -0.15) is 18.2 Å². The number of aromatic nitrogens is 2. The molecular formula is C15H15F3N2O3S. The van der Waals surface area contributed by atoms with Crippen molar-refractivity contribution in [1.82, 2.24) is 10.1 Å². The Morgan fingerprint density at radius 1 is 1.29 bits per heavy atom. The second kappa shape index (κ2) is 5.58. The minimum atomic E-state index is -4.43. The molecule has 0 unspecified atom stereocenters. The van der Waals surface area contributed by atoms with Crippen LogP contribution >= 0.6 is 0 Å². The third-order valence-electron chi connectivity index (χ3n) is 4.17. The lowest BCUT2D eigenvalue weighted by atomic mass is 9.93. The van der Waals surface area contributed by atoms with E-state index in [1.807, 2.05) is 0 Å². The lowest BCUT2D eigenvalue weighted by Gasteiger charge is -2.14. The van der Waals surface area contributed by atoms with Gasteiger partial charge in [0.1, 0.15) is 5.75 Å². The number of nitrogens with zero attached hydrogens (tertiary/aromatic N) is 2. The Balaban J connectivity index is 1.92. The average Bonchev–Trinajstić information content (AvgIpc) is 3.21. The van der Waals surface area contributed by atoms with Crippen molar-refractivity contribution in [1.29, 1.82) is 0 Å². The van der Waals surface area contributed by atoms with E-state index in [1.54, 1.807) is 6.07 Å². The Morgan fingerprint density at radius 3 is 2.58 bits per heavy atom. The van der Waals surface area contributed by atoms with Crippen LogP contribution in [0.15, 0.2) is 28.8 Å². The summed E-state index contributed by atoms with van der Waals surface area (Å²) in [6, 6.07) is 5.04. The van der Waals surface area contributed by atoms with Crippen LogP contribution < -0.4 is 0 Å². The standard InChI is InChI=1S/C15H15F3N2O3S/c1-2-24(21,22)9-12-19-13(20-23-12)14(6-7-14)10-4-3-5-11(8-10)15(16,17)18/h3-5,8H,2,6-7,9H2,1H3. The fraction of sp³-hybridized carbons (Fsp3) is 0.467. The zero-order valence-electron chi connectivity index (χ0n) is 12.8. The first-order valence-electron chi connectivity index (χ1n) is 7.37. The summed E-state index contributed by atoms with van der Waals surface area (Å²) in [6.45, 7) is 1.51. The van der Waals surface area contributed by atoms with Crippen molar-refractivity contribution in [3.8, 4) is 0 Å². The molecule has 0 saturated heterocycles. The van der Waals surface area contributed by atoms with Gasteiger partial charge in [-0.25, -0.2) is 8.42 Å². The second-order valence-electron chi connectivity index (χ2n) is 5.85. The molecule has 1 fully saturated rings. The Hall–Kier alpha value is -1.90. The monoisotopic (exact) mass is 360 g/mol. The zero-order valence-corrected chi connectivity index (χ0v) is 13.6. The molecule has 0 bridgehead atoms. The summed E-state index contributed by atoms with van der Waals surface area (Å²) < 4.78 is 66.9. The summed E-state index contributed by atoms with van der Waals surface area (Å²) in [6.07, 6.45) is -3.24. The van der Waals surface area contributed by atoms with E-state index in [0.717, 1.165) is 12.1 Å². The van der Waals surface area contributed by atoms with Crippen molar-refractivity contribution in [3.05, 3.63) is 47.1 Å². The molecule has 130 valence electrons. The molecule has 0 atom stereocenters. The topological polar surface area (TPSA) is 73.1 Å². The highest BCUT2D eigenvalue weighted by atomic mass is 32.2. The van der Waals surface area contributed by atoms with Crippen LogP contribution in [0.1, 0.15) is 42.6 Å². The Labute approximate surface area is 136 Å². The molecule has 0 spiro atoms. The Bertz CT molecular complexity index is 855. The molecule has 9 heteroatoms. The SMILES string of the molecule is CCS(=O)(=O)Cc1nc(C2(c3cccc(C(F)(F)F)c3)CC2)no1. The molecule has 1 aromatic heterocycles. The van der Waals surface area contributed by atoms with Crippen molar-refractivity contribution in [2.75, 3.05) is 5.75 Å². The smallest absolute Gasteiger partial charge is 0.338 e. The van der Waals surface area contributed by atoms with Crippen molar-refractivity contribution in [2.24, 2.45) is 0 Å². The van der Waals surface area contributed by atoms with Crippen molar-refractivity contribution >= 4 is 9.84 Å². The van der Waals surface area contributed by atoms with Crippen LogP contribution in [-0.2, 0) is 27.2 Å². The molecule has 1 saturated carbocycles. The molecule has 1 aliphatic carbocycles. The molecule has 5 nitrogen and oxygen atoms in total. The van der Waals surface area contributed by atoms with E-state index in [1.165, 1.54) is 13.0 Å². The van der Waals surface area contributed by atoms with Gasteiger partial charge in [0.25, 0.3) is 0 Å². The van der Waals surface area contributed by atoms with Crippen LogP contribution in [0.25, 0.3) is 0 Å². The molecule has 1 aliphatic rings. The quantitative estimate of drug-likeness (QED) is 0.819. The van der Waals surface area contributed by atoms with E-state index < -0.39 is 27.0 Å². The largest absolute Gasteiger partial charge is 0.416 e. The Morgan fingerprint density at radius 2 is 2.00 bits per heavy atom. The maximum Gasteiger partial charge on any atom is 0.416 e. The highest BCUT2D eigenvalue weighted by molar-refractivity contribution is 7.90. The first-order chi connectivity index (χ1) is 11.2. The molecular weight excluding hydrogens is 345 g/mol. The van der Waals surface area contributed by atoms with Gasteiger partial charge >= 0.3 is 6.18 Å². The van der Waals surface area contributed by atoms with E-state index >= 15 is 0 Å². The number of alkyl halides is 3. The fourth-order valence-corrected chi connectivity index (χ4v) is 3.26. The van der Waals surface area contributed by atoms with Gasteiger partial charge in [-0.1, -0.05) is 30.3 Å². The molecule has 0 N–H and O–H groups in total. The predicted molar refractivity (Wildman–Crippen MR) is 78.9 cm³/mol. The normalized spacial score (nSPS) is 17.0. The van der Waals surface area contributed by atoms with Crippen molar-refractivity contribution in [3.63, 3.8) is 0 Å². The lowest BCUT2D eigenvalue weighted by molar-refractivity contribution is -0.137. The number of rotatable bonds is 5. The molecule has 0 radical (unpaired) electrons. The number of hydrogen-bond acceptors (Lipinski definition) is 5. The predicted octanol–water partition coefficient (Wildman–Crippen LogP) is 3.10. The summed E-state index contributed by atoms with van der Waals surface area (Å²) in [5.74, 6) is -0.216. The van der Waals surface area contributed by atoms with Gasteiger partial charge in [0.05, 0.1) is 11.0 Å². The zero-order chi connectivity index (χ0) is 17.6. The molecule has 0 amide bonds. The van der Waals surface area contributed by atoms with Crippen LogP contribution in [0.5, 0.6) is 0 Å². The molecule has 1 heterocycles. The van der Waals surface area contributed by atoms with E-state index in [9.17, 15) is 21.6 Å². The highest BCUT2D eigenvalue weighted by Crippen LogP contribution is 2.52. The maximum absolute atomic E-state index is 12.9. The maximum atomic E-state index is 12.9. The van der Waals surface area contributed by atoms with E-state index in [4.69, 9.17) is 4.52 Å². The van der Waals surface area contributed by atoms with E-state index in [2.05, 4.69) is 10.1 Å². The third-order valence-corrected chi connectivity index (χ3v) is 5.74. The first kappa shape index (κ1) is 16.9. The van der Waals surface area contributed by atoms with E-state index in [0.29, 0.717) is 18.4 Å². The third kappa shape index (κ3) is 3.17. The van der Waals surface area contributed by atoms with Crippen LogP contribution in [0, 0.1) is 0 Å². The molecule has 2 aromatic rings. The number of sulfone groups is 1. The second-order valence-corrected chi connectivity index (χ2v) is 8.20. The van der Waals surface area contributed by atoms with Crippen molar-refractivity contribution < 1.29 is 26.1 Å². The molecule has 24 heavy (non-hydrogen) atoms. The minimum Gasteiger partial charge on any atom is -0.338 e. The van der Waals surface area contributed by atoms with Crippen LogP contribution in [0.4, 0.5) is 13.2 Å². The number of hydrogen-bond donors (Lipinski definition) is 0. The summed E-state index contributed by atoms with van der Waals surface area (Å²) in [4.78, 5) is 4.11. The van der Waals surface area contributed by atoms with Gasteiger partial charge in [0.2, 0.25) is 5.89 Å². The number of halogens is 3. The van der Waals surface area contributed by atoms with Crippen LogP contribution in [0.2, 0.25) is 0 Å². The van der Waals surface area contributed by atoms with Gasteiger partial charge in [0.15, 0.2) is 15.7 Å². The van der Waals surface area contributed by atoms with Gasteiger partial charge in [-0.05, 0) is 24.5 Å². The Kier molecular flexibility index (Phi) is 3.94. The van der Waals surface area contributed by atoms with Crippen LogP contribution in [0.3, 0.4) is 0 Å². The minimum absolute atomic E-state index is 0.0369. The molecule has 1 aromatic carbocycles. The number of benzene rings is 1. The van der Waals surface area contributed by atoms with Gasteiger partial charge in [-0.15, -0.1) is 0 Å². The van der Waals surface area contributed by atoms with Gasteiger partial charge < -0.3 is 4.52 Å².